The average molecular weight is 407 g/mol. The lowest BCUT2D eigenvalue weighted by molar-refractivity contribution is -0.176. The van der Waals surface area contributed by atoms with Crippen molar-refractivity contribution in [1.29, 1.82) is 0 Å². The first-order valence-corrected chi connectivity index (χ1v) is 9.17. The summed E-state index contributed by atoms with van der Waals surface area (Å²) in [7, 11) is 0. The van der Waals surface area contributed by atoms with Gasteiger partial charge in [-0.25, -0.2) is 0 Å². The lowest BCUT2D eigenvalue weighted by Crippen LogP contribution is -2.42. The highest BCUT2D eigenvalue weighted by atomic mass is 35.5. The summed E-state index contributed by atoms with van der Waals surface area (Å²) in [6.45, 7) is -0.919. The molecule has 0 bridgehead atoms. The zero-order chi connectivity index (χ0) is 18.6. The molecule has 8 heteroatoms. The van der Waals surface area contributed by atoms with E-state index in [1.807, 2.05) is 0 Å². The van der Waals surface area contributed by atoms with Crippen molar-refractivity contribution in [3.8, 4) is 0 Å². The van der Waals surface area contributed by atoms with Gasteiger partial charge < -0.3 is 15.4 Å². The minimum absolute atomic E-state index is 0. The van der Waals surface area contributed by atoms with Gasteiger partial charge in [0.2, 0.25) is 5.91 Å². The summed E-state index contributed by atoms with van der Waals surface area (Å²) in [6.07, 6.45) is 1.46. The lowest BCUT2D eigenvalue weighted by atomic mass is 9.85. The number of halogens is 4. The van der Waals surface area contributed by atoms with Crippen LogP contribution in [0.25, 0.3) is 0 Å². The van der Waals surface area contributed by atoms with Crippen molar-refractivity contribution in [2.45, 2.75) is 63.5 Å². The SMILES string of the molecule is Cl.O=C(NCc1ccc(COCC(F)(F)F)cc1)C1CC2CCCCC2N1. The number of carbonyl (C=O) groups is 1. The predicted octanol–water partition coefficient (Wildman–Crippen LogP) is 3.72. The molecule has 4 nitrogen and oxygen atoms in total. The zero-order valence-electron chi connectivity index (χ0n) is 15.1. The van der Waals surface area contributed by atoms with Crippen molar-refractivity contribution in [3.05, 3.63) is 35.4 Å². The van der Waals surface area contributed by atoms with Crippen LogP contribution < -0.4 is 10.6 Å². The van der Waals surface area contributed by atoms with Crippen molar-refractivity contribution in [3.63, 3.8) is 0 Å². The monoisotopic (exact) mass is 406 g/mol. The predicted molar refractivity (Wildman–Crippen MR) is 98.5 cm³/mol. The summed E-state index contributed by atoms with van der Waals surface area (Å²) in [6, 6.07) is 7.41. The number of hydrogen-bond acceptors (Lipinski definition) is 3. The standard InChI is InChI=1S/C19H25F3N2O2.ClH/c20-19(21,22)12-26-11-14-7-5-13(6-8-14)10-23-18(25)17-9-15-3-1-2-4-16(15)24-17;/h5-8,15-17,24H,1-4,9-12H2,(H,23,25);1H. The molecule has 1 aromatic carbocycles. The molecule has 0 aromatic heterocycles. The smallest absolute Gasteiger partial charge is 0.367 e. The summed E-state index contributed by atoms with van der Waals surface area (Å²) in [4.78, 5) is 12.4. The summed E-state index contributed by atoms with van der Waals surface area (Å²) < 4.78 is 40.8. The van der Waals surface area contributed by atoms with Crippen molar-refractivity contribution in [1.82, 2.24) is 10.6 Å². The van der Waals surface area contributed by atoms with Gasteiger partial charge >= 0.3 is 6.18 Å². The van der Waals surface area contributed by atoms with Crippen molar-refractivity contribution in [2.24, 2.45) is 5.92 Å². The number of nitrogens with one attached hydrogen (secondary N) is 2. The highest BCUT2D eigenvalue weighted by Gasteiger charge is 2.38. The Labute approximate surface area is 163 Å². The number of benzene rings is 1. The zero-order valence-corrected chi connectivity index (χ0v) is 15.9. The third kappa shape index (κ3) is 6.66. The van der Waals surface area contributed by atoms with E-state index < -0.39 is 12.8 Å². The Bertz CT molecular complexity index is 596. The Morgan fingerprint density at radius 2 is 1.81 bits per heavy atom. The molecule has 0 radical (unpaired) electrons. The van der Waals surface area contributed by atoms with Gasteiger partial charge in [0.25, 0.3) is 0 Å². The minimum Gasteiger partial charge on any atom is -0.367 e. The van der Waals surface area contributed by atoms with E-state index in [9.17, 15) is 18.0 Å². The molecule has 0 spiro atoms. The van der Waals surface area contributed by atoms with E-state index in [1.165, 1.54) is 19.3 Å². The number of fused-ring (bicyclic) bond motifs is 1. The first-order chi connectivity index (χ1) is 12.4. The fourth-order valence-corrected chi connectivity index (χ4v) is 3.87. The summed E-state index contributed by atoms with van der Waals surface area (Å²) in [5.41, 5.74) is 1.58. The van der Waals surface area contributed by atoms with Gasteiger partial charge in [0.05, 0.1) is 12.6 Å². The quantitative estimate of drug-likeness (QED) is 0.757. The van der Waals surface area contributed by atoms with Crippen LogP contribution in [0.15, 0.2) is 24.3 Å². The van der Waals surface area contributed by atoms with Gasteiger partial charge in [-0.2, -0.15) is 13.2 Å². The Kier molecular flexibility index (Phi) is 7.94. The molecule has 3 rings (SSSR count). The highest BCUT2D eigenvalue weighted by molar-refractivity contribution is 5.85. The van der Waals surface area contributed by atoms with Gasteiger partial charge in [0.1, 0.15) is 6.61 Å². The van der Waals surface area contributed by atoms with E-state index in [0.29, 0.717) is 24.1 Å². The van der Waals surface area contributed by atoms with Crippen LogP contribution in [0.5, 0.6) is 0 Å². The Hall–Kier alpha value is -1.31. The molecule has 1 saturated carbocycles. The normalized spacial score (nSPS) is 24.8. The van der Waals surface area contributed by atoms with Crippen LogP contribution in [0.3, 0.4) is 0 Å². The minimum atomic E-state index is -4.31. The van der Waals surface area contributed by atoms with Crippen LogP contribution in [0.2, 0.25) is 0 Å². The summed E-state index contributed by atoms with van der Waals surface area (Å²) in [5.74, 6) is 0.646. The second-order valence-electron chi connectivity index (χ2n) is 7.25. The molecule has 2 aliphatic rings. The van der Waals surface area contributed by atoms with Gasteiger partial charge in [-0.05, 0) is 36.3 Å². The molecule has 27 heavy (non-hydrogen) atoms. The lowest BCUT2D eigenvalue weighted by Gasteiger charge is -2.24. The van der Waals surface area contributed by atoms with Crippen molar-refractivity contribution < 1.29 is 22.7 Å². The van der Waals surface area contributed by atoms with E-state index in [2.05, 4.69) is 15.4 Å². The average Bonchev–Trinajstić information content (AvgIpc) is 3.04. The summed E-state index contributed by atoms with van der Waals surface area (Å²) in [5, 5.41) is 6.40. The molecule has 1 saturated heterocycles. The molecule has 1 aliphatic carbocycles. The second-order valence-corrected chi connectivity index (χ2v) is 7.25. The van der Waals surface area contributed by atoms with Gasteiger partial charge in [-0.3, -0.25) is 4.79 Å². The van der Waals surface area contributed by atoms with Crippen molar-refractivity contribution in [2.75, 3.05) is 6.61 Å². The molecule has 1 heterocycles. The Balaban J connectivity index is 0.00000261. The maximum absolute atomic E-state index is 12.4. The molecule has 152 valence electrons. The Morgan fingerprint density at radius 1 is 1.15 bits per heavy atom. The Morgan fingerprint density at radius 3 is 2.48 bits per heavy atom. The molecule has 3 unspecified atom stereocenters. The maximum atomic E-state index is 12.4. The maximum Gasteiger partial charge on any atom is 0.411 e. The number of hydrogen-bond donors (Lipinski definition) is 2. The first kappa shape index (κ1) is 22.0. The van der Waals surface area contributed by atoms with Gasteiger partial charge in [0.15, 0.2) is 0 Å². The topological polar surface area (TPSA) is 50.4 Å². The number of carbonyl (C=O) groups excluding carboxylic acids is 1. The van der Waals surface area contributed by atoms with Gasteiger partial charge in [-0.1, -0.05) is 37.1 Å². The molecular formula is C19H26ClF3N2O2. The van der Waals surface area contributed by atoms with Gasteiger partial charge in [0, 0.05) is 12.6 Å². The third-order valence-electron chi connectivity index (χ3n) is 5.20. The molecule has 3 atom stereocenters. The van der Waals surface area contributed by atoms with E-state index in [1.54, 1.807) is 24.3 Å². The largest absolute Gasteiger partial charge is 0.411 e. The fraction of sp³-hybridized carbons (Fsp3) is 0.632. The van der Waals surface area contributed by atoms with Crippen LogP contribution >= 0.6 is 12.4 Å². The molecule has 1 aromatic rings. The number of ether oxygens (including phenoxy) is 1. The molecule has 1 amide bonds. The van der Waals surface area contributed by atoms with E-state index in [0.717, 1.165) is 18.4 Å². The molecule has 2 N–H and O–H groups in total. The number of rotatable bonds is 6. The summed E-state index contributed by atoms with van der Waals surface area (Å²) >= 11 is 0. The first-order valence-electron chi connectivity index (χ1n) is 9.17. The molecular weight excluding hydrogens is 381 g/mol. The second kappa shape index (κ2) is 9.75. The van der Waals surface area contributed by atoms with Crippen LogP contribution in [-0.4, -0.2) is 30.8 Å². The molecule has 2 fully saturated rings. The van der Waals surface area contributed by atoms with E-state index in [4.69, 9.17) is 0 Å². The van der Waals surface area contributed by atoms with Crippen LogP contribution in [0, 0.1) is 5.92 Å². The number of alkyl halides is 3. The van der Waals surface area contributed by atoms with E-state index in [-0.39, 0.29) is 31.0 Å². The van der Waals surface area contributed by atoms with Crippen LogP contribution in [-0.2, 0) is 22.7 Å². The van der Waals surface area contributed by atoms with E-state index >= 15 is 0 Å². The highest BCUT2D eigenvalue weighted by Crippen LogP contribution is 2.33. The van der Waals surface area contributed by atoms with Crippen molar-refractivity contribution >= 4 is 18.3 Å². The third-order valence-corrected chi connectivity index (χ3v) is 5.20. The molecule has 1 aliphatic heterocycles. The fourth-order valence-electron chi connectivity index (χ4n) is 3.87. The van der Waals surface area contributed by atoms with Gasteiger partial charge in [-0.15, -0.1) is 12.4 Å². The van der Waals surface area contributed by atoms with Crippen LogP contribution in [0.1, 0.15) is 43.2 Å². The van der Waals surface area contributed by atoms with Crippen LogP contribution in [0.4, 0.5) is 13.2 Å². The number of amides is 1.